The second kappa shape index (κ2) is 2.15. The Labute approximate surface area is 62.7 Å². The molecule has 0 spiro atoms. The molecule has 1 aliphatic rings. The van der Waals surface area contributed by atoms with Crippen molar-refractivity contribution in [1.82, 2.24) is 0 Å². The Morgan fingerprint density at radius 1 is 1.10 bits per heavy atom. The van der Waals surface area contributed by atoms with Gasteiger partial charge in [0.1, 0.15) is 7.85 Å². The largest absolute Gasteiger partial charge is 0.106 e. The van der Waals surface area contributed by atoms with Crippen molar-refractivity contribution in [2.75, 3.05) is 0 Å². The predicted molar refractivity (Wildman–Crippen MR) is 46.1 cm³/mol. The van der Waals surface area contributed by atoms with Gasteiger partial charge in [0, 0.05) is 0 Å². The minimum absolute atomic E-state index is 0.873. The van der Waals surface area contributed by atoms with E-state index in [-0.39, 0.29) is 0 Å². The zero-order valence-corrected chi connectivity index (χ0v) is 6.30. The zero-order chi connectivity index (χ0) is 6.97. The molecule has 0 saturated carbocycles. The molecule has 0 aliphatic heterocycles. The molecule has 0 unspecified atom stereocenters. The Balaban J connectivity index is 2.42. The van der Waals surface area contributed by atoms with Crippen molar-refractivity contribution >= 4 is 7.85 Å². The minimum Gasteiger partial charge on any atom is -0.0620 e. The van der Waals surface area contributed by atoms with Crippen molar-refractivity contribution in [1.29, 1.82) is 0 Å². The van der Waals surface area contributed by atoms with Crippen LogP contribution < -0.4 is 0 Å². The van der Waals surface area contributed by atoms with Crippen LogP contribution in [0, 0.1) is 0 Å². The SMILES string of the molecule is BC1Cc2ccccc2C1. The van der Waals surface area contributed by atoms with Crippen molar-refractivity contribution < 1.29 is 0 Å². The maximum Gasteiger partial charge on any atom is 0.106 e. The molecule has 0 bridgehead atoms. The summed E-state index contributed by atoms with van der Waals surface area (Å²) in [5.74, 6) is 0.873. The molecule has 0 saturated heterocycles. The van der Waals surface area contributed by atoms with Crippen molar-refractivity contribution in [3.05, 3.63) is 35.4 Å². The van der Waals surface area contributed by atoms with Crippen LogP contribution in [0.3, 0.4) is 0 Å². The smallest absolute Gasteiger partial charge is 0.0620 e. The summed E-state index contributed by atoms with van der Waals surface area (Å²) in [6.07, 6.45) is 2.58. The van der Waals surface area contributed by atoms with Gasteiger partial charge in [-0.05, 0) is 24.0 Å². The van der Waals surface area contributed by atoms with Crippen LogP contribution in [-0.2, 0) is 12.8 Å². The van der Waals surface area contributed by atoms with Gasteiger partial charge in [0.2, 0.25) is 0 Å². The number of hydrogen-bond donors (Lipinski definition) is 0. The van der Waals surface area contributed by atoms with Crippen LogP contribution in [-0.4, -0.2) is 7.85 Å². The Morgan fingerprint density at radius 3 is 2.10 bits per heavy atom. The summed E-state index contributed by atoms with van der Waals surface area (Å²) in [7, 11) is 2.32. The van der Waals surface area contributed by atoms with Crippen LogP contribution >= 0.6 is 0 Å². The predicted octanol–water partition coefficient (Wildman–Crippen LogP) is 1.21. The molecular weight excluding hydrogens is 119 g/mol. The summed E-state index contributed by atoms with van der Waals surface area (Å²) in [6, 6.07) is 8.77. The average molecular weight is 130 g/mol. The van der Waals surface area contributed by atoms with E-state index in [0.29, 0.717) is 0 Å². The van der Waals surface area contributed by atoms with Gasteiger partial charge in [-0.25, -0.2) is 0 Å². The van der Waals surface area contributed by atoms with Gasteiger partial charge in [-0.1, -0.05) is 30.1 Å². The van der Waals surface area contributed by atoms with Gasteiger partial charge in [-0.2, -0.15) is 0 Å². The molecule has 1 heteroatoms. The maximum atomic E-state index is 2.32. The second-order valence-electron chi connectivity index (χ2n) is 3.28. The third kappa shape index (κ3) is 0.861. The summed E-state index contributed by atoms with van der Waals surface area (Å²) in [6.45, 7) is 0. The van der Waals surface area contributed by atoms with Gasteiger partial charge in [-0.15, -0.1) is 0 Å². The highest BCUT2D eigenvalue weighted by Crippen LogP contribution is 2.27. The maximum absolute atomic E-state index is 2.32. The molecule has 0 fully saturated rings. The normalized spacial score (nSPS) is 17.2. The highest BCUT2D eigenvalue weighted by atomic mass is 14.2. The third-order valence-corrected chi connectivity index (χ3v) is 2.26. The molecule has 0 N–H and O–H groups in total. The number of benzene rings is 1. The molecule has 1 aromatic rings. The summed E-state index contributed by atoms with van der Waals surface area (Å²) < 4.78 is 0. The van der Waals surface area contributed by atoms with Crippen LogP contribution in [0.1, 0.15) is 11.1 Å². The lowest BCUT2D eigenvalue weighted by atomic mass is 9.85. The van der Waals surface area contributed by atoms with Crippen LogP contribution in [0.25, 0.3) is 0 Å². The lowest BCUT2D eigenvalue weighted by molar-refractivity contribution is 0.905. The molecule has 10 heavy (non-hydrogen) atoms. The molecule has 0 radical (unpaired) electrons. The van der Waals surface area contributed by atoms with E-state index >= 15 is 0 Å². The Kier molecular flexibility index (Phi) is 1.30. The van der Waals surface area contributed by atoms with Crippen molar-refractivity contribution in [3.63, 3.8) is 0 Å². The van der Waals surface area contributed by atoms with Crippen molar-refractivity contribution in [2.24, 2.45) is 0 Å². The summed E-state index contributed by atoms with van der Waals surface area (Å²) in [5.41, 5.74) is 3.13. The number of hydrogen-bond acceptors (Lipinski definition) is 0. The van der Waals surface area contributed by atoms with Gasteiger partial charge in [-0.3, -0.25) is 0 Å². The standard InChI is InChI=1S/C9H11B/c10-9-5-7-3-1-2-4-8(7)6-9/h1-4,9H,5-6,10H2. The van der Waals surface area contributed by atoms with E-state index in [9.17, 15) is 0 Å². The van der Waals surface area contributed by atoms with Gasteiger partial charge in [0.25, 0.3) is 0 Å². The average Bonchev–Trinajstić information content (AvgIpc) is 2.27. The third-order valence-electron chi connectivity index (χ3n) is 2.26. The quantitative estimate of drug-likeness (QED) is 0.463. The summed E-state index contributed by atoms with van der Waals surface area (Å²) >= 11 is 0. The van der Waals surface area contributed by atoms with Crippen LogP contribution in [0.2, 0.25) is 5.82 Å². The second-order valence-corrected chi connectivity index (χ2v) is 3.28. The van der Waals surface area contributed by atoms with E-state index in [1.807, 2.05) is 0 Å². The van der Waals surface area contributed by atoms with Crippen LogP contribution in [0.4, 0.5) is 0 Å². The first-order valence-corrected chi connectivity index (χ1v) is 3.93. The highest BCUT2D eigenvalue weighted by Gasteiger charge is 2.15. The summed E-state index contributed by atoms with van der Waals surface area (Å²) in [5, 5.41) is 0. The fourth-order valence-corrected chi connectivity index (χ4v) is 1.78. The lowest BCUT2D eigenvalue weighted by Crippen LogP contribution is -1.87. The highest BCUT2D eigenvalue weighted by molar-refractivity contribution is 6.12. The van der Waals surface area contributed by atoms with E-state index < -0.39 is 0 Å². The molecule has 0 amide bonds. The van der Waals surface area contributed by atoms with Crippen LogP contribution in [0.15, 0.2) is 24.3 Å². The topological polar surface area (TPSA) is 0 Å². The van der Waals surface area contributed by atoms with Crippen molar-refractivity contribution in [3.8, 4) is 0 Å². The van der Waals surface area contributed by atoms with E-state index in [2.05, 4.69) is 32.1 Å². The first-order valence-electron chi connectivity index (χ1n) is 3.93. The zero-order valence-electron chi connectivity index (χ0n) is 6.30. The molecule has 0 atom stereocenters. The van der Waals surface area contributed by atoms with Crippen molar-refractivity contribution in [2.45, 2.75) is 18.7 Å². The van der Waals surface area contributed by atoms with E-state index in [0.717, 1.165) is 5.82 Å². The molecule has 0 nitrogen and oxygen atoms in total. The fraction of sp³-hybridized carbons (Fsp3) is 0.333. The van der Waals surface area contributed by atoms with E-state index in [1.165, 1.54) is 12.8 Å². The fourth-order valence-electron chi connectivity index (χ4n) is 1.78. The van der Waals surface area contributed by atoms with Gasteiger partial charge in [0.15, 0.2) is 0 Å². The molecule has 1 aliphatic carbocycles. The molecule has 0 heterocycles. The summed E-state index contributed by atoms with van der Waals surface area (Å²) in [4.78, 5) is 0. The Morgan fingerprint density at radius 2 is 1.60 bits per heavy atom. The molecule has 0 aromatic heterocycles. The van der Waals surface area contributed by atoms with E-state index in [4.69, 9.17) is 0 Å². The van der Waals surface area contributed by atoms with E-state index in [1.54, 1.807) is 11.1 Å². The van der Waals surface area contributed by atoms with Gasteiger partial charge in [0.05, 0.1) is 0 Å². The lowest BCUT2D eigenvalue weighted by Gasteiger charge is -1.93. The Hall–Kier alpha value is -0.715. The molecule has 2 rings (SSSR count). The number of rotatable bonds is 0. The number of fused-ring (bicyclic) bond motifs is 1. The molecular formula is C9H11B. The molecule has 1 aromatic carbocycles. The first kappa shape index (κ1) is 6.02. The monoisotopic (exact) mass is 130 g/mol. The Bertz CT molecular complexity index is 217. The molecule has 50 valence electrons. The van der Waals surface area contributed by atoms with Gasteiger partial charge >= 0.3 is 0 Å². The van der Waals surface area contributed by atoms with Gasteiger partial charge < -0.3 is 0 Å². The minimum atomic E-state index is 0.873. The first-order chi connectivity index (χ1) is 4.86. The van der Waals surface area contributed by atoms with Crippen LogP contribution in [0.5, 0.6) is 0 Å².